The van der Waals surface area contributed by atoms with Gasteiger partial charge in [0, 0.05) is 5.56 Å². The Morgan fingerprint density at radius 2 is 2.17 bits per heavy atom. The molecule has 0 radical (unpaired) electrons. The van der Waals surface area contributed by atoms with Crippen LogP contribution in [0.4, 0.5) is 4.39 Å². The van der Waals surface area contributed by atoms with E-state index in [1.54, 1.807) is 18.2 Å². The highest BCUT2D eigenvalue weighted by molar-refractivity contribution is 5.43. The van der Waals surface area contributed by atoms with Gasteiger partial charge in [-0.3, -0.25) is 0 Å². The standard InChI is InChI=1S/C14H16FNO2/c1-18-13-5-4-12(8-11(13)9-15)14(16-10-17)6-2-3-7-14/h4-5,8H,2-3,6-7,9H2,1H3. The van der Waals surface area contributed by atoms with E-state index in [0.717, 1.165) is 31.2 Å². The lowest BCUT2D eigenvalue weighted by atomic mass is 9.88. The smallest absolute Gasteiger partial charge is 0.235 e. The van der Waals surface area contributed by atoms with Crippen molar-refractivity contribution < 1.29 is 13.9 Å². The van der Waals surface area contributed by atoms with Gasteiger partial charge in [-0.2, -0.15) is 4.99 Å². The third-order valence-corrected chi connectivity index (χ3v) is 3.65. The molecule has 0 aliphatic heterocycles. The van der Waals surface area contributed by atoms with Gasteiger partial charge in [0.05, 0.1) is 12.6 Å². The minimum absolute atomic E-state index is 0.502. The molecule has 0 heterocycles. The summed E-state index contributed by atoms with van der Waals surface area (Å²) in [5, 5.41) is 0. The van der Waals surface area contributed by atoms with E-state index in [4.69, 9.17) is 4.74 Å². The largest absolute Gasteiger partial charge is 0.496 e. The Balaban J connectivity index is 2.46. The van der Waals surface area contributed by atoms with E-state index in [0.29, 0.717) is 11.3 Å². The molecule has 0 unspecified atom stereocenters. The van der Waals surface area contributed by atoms with Crippen LogP contribution in [0.5, 0.6) is 5.75 Å². The van der Waals surface area contributed by atoms with Gasteiger partial charge in [-0.15, -0.1) is 0 Å². The lowest BCUT2D eigenvalue weighted by Crippen LogP contribution is -2.19. The average Bonchev–Trinajstić information content (AvgIpc) is 2.88. The molecule has 1 saturated carbocycles. The average molecular weight is 249 g/mol. The molecular weight excluding hydrogens is 233 g/mol. The fourth-order valence-electron chi connectivity index (χ4n) is 2.68. The van der Waals surface area contributed by atoms with Gasteiger partial charge in [0.2, 0.25) is 6.08 Å². The van der Waals surface area contributed by atoms with Crippen LogP contribution in [-0.2, 0) is 17.0 Å². The third kappa shape index (κ3) is 2.16. The lowest BCUT2D eigenvalue weighted by Gasteiger charge is -2.23. The molecule has 0 aromatic heterocycles. The summed E-state index contributed by atoms with van der Waals surface area (Å²) in [5.74, 6) is 0.532. The molecule has 3 nitrogen and oxygen atoms in total. The quantitative estimate of drug-likeness (QED) is 0.606. The van der Waals surface area contributed by atoms with Crippen LogP contribution in [0.2, 0.25) is 0 Å². The molecule has 0 N–H and O–H groups in total. The molecule has 1 aromatic carbocycles. The van der Waals surface area contributed by atoms with Crippen molar-refractivity contribution in [3.05, 3.63) is 29.3 Å². The molecule has 18 heavy (non-hydrogen) atoms. The second-order valence-electron chi connectivity index (χ2n) is 4.60. The summed E-state index contributed by atoms with van der Waals surface area (Å²) in [6.07, 6.45) is 5.36. The second-order valence-corrected chi connectivity index (χ2v) is 4.60. The number of methoxy groups -OCH3 is 1. The number of alkyl halides is 1. The molecule has 96 valence electrons. The van der Waals surface area contributed by atoms with Gasteiger partial charge in [-0.1, -0.05) is 18.9 Å². The summed E-state index contributed by atoms with van der Waals surface area (Å²) in [7, 11) is 1.52. The Morgan fingerprint density at radius 1 is 1.44 bits per heavy atom. The van der Waals surface area contributed by atoms with E-state index in [-0.39, 0.29) is 0 Å². The number of carbonyl (C=O) groups excluding carboxylic acids is 1. The highest BCUT2D eigenvalue weighted by Crippen LogP contribution is 2.43. The summed E-state index contributed by atoms with van der Waals surface area (Å²) < 4.78 is 18.1. The molecular formula is C14H16FNO2. The monoisotopic (exact) mass is 249 g/mol. The third-order valence-electron chi connectivity index (χ3n) is 3.65. The molecule has 0 bridgehead atoms. The van der Waals surface area contributed by atoms with Crippen molar-refractivity contribution in [2.45, 2.75) is 37.9 Å². The lowest BCUT2D eigenvalue weighted by molar-refractivity contribution is 0.391. The van der Waals surface area contributed by atoms with E-state index in [2.05, 4.69) is 4.99 Å². The molecule has 1 aliphatic rings. The Morgan fingerprint density at radius 3 is 2.72 bits per heavy atom. The molecule has 1 fully saturated rings. The van der Waals surface area contributed by atoms with E-state index in [9.17, 15) is 9.18 Å². The minimum atomic E-state index is -0.585. The van der Waals surface area contributed by atoms with Crippen LogP contribution >= 0.6 is 0 Å². The van der Waals surface area contributed by atoms with E-state index in [1.807, 2.05) is 6.07 Å². The summed E-state index contributed by atoms with van der Waals surface area (Å²) in [4.78, 5) is 14.6. The zero-order valence-corrected chi connectivity index (χ0v) is 10.4. The van der Waals surface area contributed by atoms with Gasteiger partial charge in [0.25, 0.3) is 0 Å². The molecule has 1 aliphatic carbocycles. The fourth-order valence-corrected chi connectivity index (χ4v) is 2.68. The Kier molecular flexibility index (Phi) is 3.78. The molecule has 0 atom stereocenters. The van der Waals surface area contributed by atoms with Crippen molar-refractivity contribution in [1.29, 1.82) is 0 Å². The highest BCUT2D eigenvalue weighted by atomic mass is 19.1. The number of aliphatic imine (C=N–C) groups is 1. The van der Waals surface area contributed by atoms with Gasteiger partial charge in [0.1, 0.15) is 12.4 Å². The van der Waals surface area contributed by atoms with E-state index in [1.165, 1.54) is 7.11 Å². The van der Waals surface area contributed by atoms with Crippen LogP contribution in [-0.4, -0.2) is 13.2 Å². The van der Waals surface area contributed by atoms with Crippen LogP contribution in [0.1, 0.15) is 36.8 Å². The van der Waals surface area contributed by atoms with Crippen molar-refractivity contribution >= 4 is 6.08 Å². The van der Waals surface area contributed by atoms with E-state index < -0.39 is 12.2 Å². The Hall–Kier alpha value is -1.67. The van der Waals surface area contributed by atoms with Gasteiger partial charge < -0.3 is 4.74 Å². The number of ether oxygens (including phenoxy) is 1. The molecule has 2 rings (SSSR count). The summed E-state index contributed by atoms with van der Waals surface area (Å²) in [6.45, 7) is -0.585. The Bertz CT molecular complexity index is 475. The first-order chi connectivity index (χ1) is 8.75. The number of hydrogen-bond acceptors (Lipinski definition) is 3. The topological polar surface area (TPSA) is 38.7 Å². The second kappa shape index (κ2) is 5.32. The summed E-state index contributed by atoms with van der Waals surface area (Å²) in [5.41, 5.74) is 0.886. The first-order valence-electron chi connectivity index (χ1n) is 6.08. The molecule has 0 amide bonds. The Labute approximate surface area is 106 Å². The zero-order chi connectivity index (χ0) is 13.0. The van der Waals surface area contributed by atoms with Crippen molar-refractivity contribution in [1.82, 2.24) is 0 Å². The van der Waals surface area contributed by atoms with Gasteiger partial charge >= 0.3 is 0 Å². The van der Waals surface area contributed by atoms with Crippen LogP contribution in [0.25, 0.3) is 0 Å². The van der Waals surface area contributed by atoms with Crippen molar-refractivity contribution in [3.63, 3.8) is 0 Å². The maximum atomic E-state index is 13.0. The van der Waals surface area contributed by atoms with Gasteiger partial charge in [-0.25, -0.2) is 9.18 Å². The summed E-state index contributed by atoms with van der Waals surface area (Å²) >= 11 is 0. The summed E-state index contributed by atoms with van der Waals surface area (Å²) in [6, 6.07) is 5.36. The number of benzene rings is 1. The van der Waals surface area contributed by atoms with Crippen LogP contribution < -0.4 is 4.74 Å². The maximum Gasteiger partial charge on any atom is 0.235 e. The predicted molar refractivity (Wildman–Crippen MR) is 66.1 cm³/mol. The van der Waals surface area contributed by atoms with Crippen molar-refractivity contribution in [2.24, 2.45) is 4.99 Å². The zero-order valence-electron chi connectivity index (χ0n) is 10.4. The molecule has 0 spiro atoms. The number of rotatable bonds is 4. The normalized spacial score (nSPS) is 17.2. The number of nitrogens with zero attached hydrogens (tertiary/aromatic N) is 1. The fraction of sp³-hybridized carbons (Fsp3) is 0.500. The van der Waals surface area contributed by atoms with Crippen LogP contribution in [0.15, 0.2) is 23.2 Å². The molecule has 4 heteroatoms. The van der Waals surface area contributed by atoms with Crippen LogP contribution in [0, 0.1) is 0 Å². The van der Waals surface area contributed by atoms with Crippen molar-refractivity contribution in [3.8, 4) is 5.75 Å². The number of isocyanates is 1. The van der Waals surface area contributed by atoms with E-state index >= 15 is 0 Å². The van der Waals surface area contributed by atoms with Crippen molar-refractivity contribution in [2.75, 3.05) is 7.11 Å². The molecule has 1 aromatic rings. The molecule has 0 saturated heterocycles. The van der Waals surface area contributed by atoms with Gasteiger partial charge in [0.15, 0.2) is 0 Å². The van der Waals surface area contributed by atoms with Gasteiger partial charge in [-0.05, 0) is 30.5 Å². The predicted octanol–water partition coefficient (Wildman–Crippen LogP) is 3.27. The van der Waals surface area contributed by atoms with Crippen LogP contribution in [0.3, 0.4) is 0 Å². The number of hydrogen-bond donors (Lipinski definition) is 0. The number of halogens is 1. The highest BCUT2D eigenvalue weighted by Gasteiger charge is 2.36. The SMILES string of the molecule is COc1ccc(C2(N=C=O)CCCC2)cc1CF. The maximum absolute atomic E-state index is 13.0. The first kappa shape index (κ1) is 12.8. The first-order valence-corrected chi connectivity index (χ1v) is 6.08. The minimum Gasteiger partial charge on any atom is -0.496 e.